The summed E-state index contributed by atoms with van der Waals surface area (Å²) in [7, 11) is 1.45. The number of imidazole rings is 1. The minimum absolute atomic E-state index is 0.0721. The fourth-order valence-electron chi connectivity index (χ4n) is 9.35. The Balaban J connectivity index is 1.43. The van der Waals surface area contributed by atoms with Gasteiger partial charge in [-0.1, -0.05) is 27.7 Å². The molecule has 0 radical (unpaired) electrons. The Morgan fingerprint density at radius 3 is 2.41 bits per heavy atom. The van der Waals surface area contributed by atoms with E-state index < -0.39 is 95.5 Å². The summed E-state index contributed by atoms with van der Waals surface area (Å²) in [6, 6.07) is 2.29. The number of carbonyl (C=O) groups excluding carboxylic acids is 5. The number of aliphatic hydroxyl groups excluding tert-OH is 1. The number of hydrogen-bond acceptors (Lipinski definition) is 13. The van der Waals surface area contributed by atoms with Crippen molar-refractivity contribution < 1.29 is 52.8 Å². The monoisotopic (exact) mass is 825 g/mol. The standard InChI is InChI=1S/C43H63N5O11/c1-11-33-43(9)37(48(41(54)59-43)18-13-12-17-47-22-32(45-23-47)30-15-14-16-44-21-30)26(4)34(50)24(2)20-42(8,55-10)38(27(5)35(51)28(6)39(53)57-33)58-40-36(52)31(46-29(7)49)19-25(3)56-40/h14-16,21-28,31,33,36-38,40,52H,11-13,17-20H2,1-10H3,(H,46,49)/t24-,25-,26+,27+,28-,31+,33-,36-,37+,38-,40+,42-,43-/m1/s1. The Morgan fingerprint density at radius 2 is 1.76 bits per heavy atom. The van der Waals surface area contributed by atoms with Crippen LogP contribution in [0.4, 0.5) is 4.79 Å². The first-order valence-electron chi connectivity index (χ1n) is 20.9. The number of ether oxygens (including phenoxy) is 5. The number of methoxy groups -OCH3 is 1. The number of nitrogens with one attached hydrogen (secondary N) is 1. The number of rotatable bonds is 11. The van der Waals surface area contributed by atoms with Crippen LogP contribution in [0.1, 0.15) is 94.4 Å². The molecule has 3 aliphatic rings. The van der Waals surface area contributed by atoms with Crippen molar-refractivity contribution in [1.29, 1.82) is 0 Å². The molecule has 2 amide bonds. The average molecular weight is 826 g/mol. The molecule has 3 fully saturated rings. The van der Waals surface area contributed by atoms with E-state index in [0.717, 1.165) is 11.3 Å². The smallest absolute Gasteiger partial charge is 0.410 e. The number of amides is 2. The lowest BCUT2D eigenvalue weighted by Crippen LogP contribution is -2.60. The first kappa shape index (κ1) is 45.8. The Morgan fingerprint density at radius 1 is 1.05 bits per heavy atom. The van der Waals surface area contributed by atoms with Gasteiger partial charge in [-0.3, -0.25) is 24.2 Å². The number of Topliss-reactive ketones (excluding diaryl/α,β-unsaturated/α-hetero) is 2. The molecule has 2 aromatic heterocycles. The molecule has 0 bridgehead atoms. The van der Waals surface area contributed by atoms with E-state index in [2.05, 4.69) is 15.3 Å². The molecule has 0 aromatic carbocycles. The lowest BCUT2D eigenvalue weighted by molar-refractivity contribution is -0.290. The zero-order valence-electron chi connectivity index (χ0n) is 36.1. The third-order valence-corrected chi connectivity index (χ3v) is 12.6. The van der Waals surface area contributed by atoms with Crippen molar-refractivity contribution in [3.63, 3.8) is 0 Å². The van der Waals surface area contributed by atoms with Gasteiger partial charge in [-0.15, -0.1) is 0 Å². The number of unbranched alkanes of at least 4 members (excludes halogenated alkanes) is 1. The maximum absolute atomic E-state index is 14.7. The molecule has 2 aromatic rings. The van der Waals surface area contributed by atoms with Crippen LogP contribution < -0.4 is 5.32 Å². The minimum atomic E-state index is -1.43. The quantitative estimate of drug-likeness (QED) is 0.183. The molecule has 0 saturated carbocycles. The summed E-state index contributed by atoms with van der Waals surface area (Å²) >= 11 is 0. The first-order valence-corrected chi connectivity index (χ1v) is 20.9. The van der Waals surface area contributed by atoms with Crippen molar-refractivity contribution in [1.82, 2.24) is 24.8 Å². The third kappa shape index (κ3) is 9.87. The van der Waals surface area contributed by atoms with Crippen LogP contribution in [0.15, 0.2) is 37.1 Å². The molecule has 5 heterocycles. The van der Waals surface area contributed by atoms with Crippen LogP contribution in [0.3, 0.4) is 0 Å². The highest BCUT2D eigenvalue weighted by Crippen LogP contribution is 2.43. The van der Waals surface area contributed by atoms with Gasteiger partial charge in [0.25, 0.3) is 0 Å². The van der Waals surface area contributed by atoms with Crippen molar-refractivity contribution in [3.8, 4) is 11.3 Å². The van der Waals surface area contributed by atoms with E-state index in [1.54, 1.807) is 72.1 Å². The zero-order chi connectivity index (χ0) is 43.4. The highest BCUT2D eigenvalue weighted by Gasteiger charge is 2.60. The second kappa shape index (κ2) is 19.0. The Labute approximate surface area is 347 Å². The highest BCUT2D eigenvalue weighted by atomic mass is 16.7. The van der Waals surface area contributed by atoms with E-state index >= 15 is 0 Å². The fourth-order valence-corrected chi connectivity index (χ4v) is 9.35. The van der Waals surface area contributed by atoms with E-state index in [-0.39, 0.29) is 31.1 Å². The molecule has 3 saturated heterocycles. The van der Waals surface area contributed by atoms with E-state index in [9.17, 15) is 29.1 Å². The summed E-state index contributed by atoms with van der Waals surface area (Å²) in [5.74, 6) is -5.62. The van der Waals surface area contributed by atoms with Crippen molar-refractivity contribution in [2.45, 2.75) is 155 Å². The summed E-state index contributed by atoms with van der Waals surface area (Å²) in [5.41, 5.74) is -1.06. The molecule has 0 spiro atoms. The van der Waals surface area contributed by atoms with Gasteiger partial charge < -0.3 is 43.6 Å². The van der Waals surface area contributed by atoms with Crippen LogP contribution in [0.25, 0.3) is 11.3 Å². The van der Waals surface area contributed by atoms with Gasteiger partial charge in [0.2, 0.25) is 5.91 Å². The summed E-state index contributed by atoms with van der Waals surface area (Å²) in [4.78, 5) is 79.0. The van der Waals surface area contributed by atoms with Crippen molar-refractivity contribution in [3.05, 3.63) is 37.1 Å². The lowest BCUT2D eigenvalue weighted by atomic mass is 9.73. The predicted octanol–water partition coefficient (Wildman–Crippen LogP) is 4.50. The van der Waals surface area contributed by atoms with Crippen molar-refractivity contribution in [2.75, 3.05) is 13.7 Å². The molecular weight excluding hydrogens is 762 g/mol. The summed E-state index contributed by atoms with van der Waals surface area (Å²) < 4.78 is 32.9. The summed E-state index contributed by atoms with van der Waals surface area (Å²) in [6.45, 7) is 15.9. The number of aryl methyl sites for hydroxylation is 1. The Kier molecular flexibility index (Phi) is 14.7. The number of ketones is 2. The molecule has 13 atom stereocenters. The maximum Gasteiger partial charge on any atom is 0.410 e. The number of hydrogen-bond donors (Lipinski definition) is 2. The number of aromatic nitrogens is 3. The van der Waals surface area contributed by atoms with Gasteiger partial charge >= 0.3 is 12.1 Å². The number of cyclic esters (lactones) is 1. The molecule has 3 aliphatic heterocycles. The number of aliphatic hydroxyl groups is 1. The molecule has 16 heteroatoms. The van der Waals surface area contributed by atoms with Crippen LogP contribution in [0.5, 0.6) is 0 Å². The van der Waals surface area contributed by atoms with Crippen molar-refractivity contribution >= 4 is 29.5 Å². The number of carbonyl (C=O) groups is 5. The lowest BCUT2D eigenvalue weighted by Gasteiger charge is -2.46. The van der Waals surface area contributed by atoms with E-state index in [4.69, 9.17) is 23.7 Å². The molecule has 326 valence electrons. The zero-order valence-corrected chi connectivity index (χ0v) is 36.1. The topological polar surface area (TPSA) is 198 Å². The number of esters is 1. The van der Waals surface area contributed by atoms with Gasteiger partial charge in [-0.2, -0.15) is 0 Å². The van der Waals surface area contributed by atoms with Gasteiger partial charge in [0.15, 0.2) is 17.7 Å². The molecule has 5 rings (SSSR count). The molecule has 2 N–H and O–H groups in total. The highest BCUT2D eigenvalue weighted by molar-refractivity contribution is 6.00. The van der Waals surface area contributed by atoms with Crippen LogP contribution in [-0.2, 0) is 49.4 Å². The second-order valence-electron chi connectivity index (χ2n) is 17.1. The number of pyridine rings is 1. The minimum Gasteiger partial charge on any atom is -0.458 e. The summed E-state index contributed by atoms with van der Waals surface area (Å²) in [6.07, 6.45) is 3.32. The average Bonchev–Trinajstić information content (AvgIpc) is 3.78. The van der Waals surface area contributed by atoms with Crippen LogP contribution in [-0.4, -0.2) is 122 Å². The van der Waals surface area contributed by atoms with Crippen molar-refractivity contribution in [2.24, 2.45) is 23.7 Å². The SMILES string of the molecule is CC[C@H]1OC(=O)[C@H](C)C(=O)[C@H](C)[C@@H](O[C@@H]2O[C@H](C)C[C@H](NC(C)=O)[C@H]2O)[C@](C)(OC)C[C@@H](C)C(=O)[C@H](C)[C@@H]2N(CCCCn3cnc(-c4cccnc4)c3)C(=O)O[C@@]21C. The first-order chi connectivity index (χ1) is 27.8. The van der Waals surface area contributed by atoms with Gasteiger partial charge in [0.1, 0.15) is 23.9 Å². The van der Waals surface area contributed by atoms with Gasteiger partial charge in [0.05, 0.1) is 41.9 Å². The number of fused-ring (bicyclic) bond motifs is 1. The molecule has 16 nitrogen and oxygen atoms in total. The molecule has 59 heavy (non-hydrogen) atoms. The van der Waals surface area contributed by atoms with E-state index in [0.29, 0.717) is 25.8 Å². The van der Waals surface area contributed by atoms with Gasteiger partial charge in [0, 0.05) is 69.0 Å². The molecular formula is C43H63N5O11. The third-order valence-electron chi connectivity index (χ3n) is 12.6. The van der Waals surface area contributed by atoms with Gasteiger partial charge in [-0.25, -0.2) is 9.78 Å². The second-order valence-corrected chi connectivity index (χ2v) is 17.1. The summed E-state index contributed by atoms with van der Waals surface area (Å²) in [5, 5.41) is 14.1. The van der Waals surface area contributed by atoms with Crippen LogP contribution >= 0.6 is 0 Å². The Hall–Kier alpha value is -4.25. The normalized spacial score (nSPS) is 36.1. The van der Waals surface area contributed by atoms with E-state index in [1.165, 1.54) is 21.0 Å². The molecule has 0 aliphatic carbocycles. The fraction of sp³-hybridized carbons (Fsp3) is 0.698. The maximum atomic E-state index is 14.7. The van der Waals surface area contributed by atoms with Crippen LogP contribution in [0.2, 0.25) is 0 Å². The largest absolute Gasteiger partial charge is 0.458 e. The molecule has 0 unspecified atom stereocenters. The van der Waals surface area contributed by atoms with E-state index in [1.807, 2.05) is 22.9 Å². The Bertz CT molecular complexity index is 1810. The number of nitrogens with zero attached hydrogens (tertiary/aromatic N) is 4. The van der Waals surface area contributed by atoms with Gasteiger partial charge in [-0.05, 0) is 71.9 Å². The van der Waals surface area contributed by atoms with Crippen LogP contribution in [0, 0.1) is 23.7 Å². The predicted molar refractivity (Wildman–Crippen MR) is 214 cm³/mol.